The van der Waals surface area contributed by atoms with Crippen LogP contribution in [0.25, 0.3) is 0 Å². The number of hydrogen-bond acceptors (Lipinski definition) is 2. The molecule has 2 aromatic heterocycles. The third kappa shape index (κ3) is 16.7. The van der Waals surface area contributed by atoms with Crippen LogP contribution in [0, 0.1) is 0 Å². The monoisotopic (exact) mass is 522 g/mol. The van der Waals surface area contributed by atoms with Gasteiger partial charge in [0.25, 0.3) is 0 Å². The van der Waals surface area contributed by atoms with Crippen LogP contribution in [0.4, 0.5) is 0 Å². The normalized spacial score (nSPS) is 11.1. The molecule has 214 valence electrons. The van der Waals surface area contributed by atoms with Crippen molar-refractivity contribution >= 4 is 0 Å². The van der Waals surface area contributed by atoms with E-state index in [1.165, 1.54) is 116 Å². The molecule has 0 N–H and O–H groups in total. The molecule has 0 bridgehead atoms. The quantitative estimate of drug-likeness (QED) is 0.131. The summed E-state index contributed by atoms with van der Waals surface area (Å²) in [6, 6.07) is 8.68. The second kappa shape index (κ2) is 22.8. The van der Waals surface area contributed by atoms with Crippen LogP contribution in [0.5, 0.6) is 0 Å². The van der Waals surface area contributed by atoms with Gasteiger partial charge in [-0.15, -0.1) is 0 Å². The van der Waals surface area contributed by atoms with Crippen LogP contribution in [0.2, 0.25) is 0 Å². The van der Waals surface area contributed by atoms with Crippen LogP contribution in [0.3, 0.4) is 0 Å². The molecule has 0 amide bonds. The molecule has 0 radical (unpaired) electrons. The van der Waals surface area contributed by atoms with Gasteiger partial charge in [-0.25, -0.2) is 0 Å². The summed E-state index contributed by atoms with van der Waals surface area (Å²) in [4.78, 5) is 9.44. The Hall–Kier alpha value is -2.10. The first kappa shape index (κ1) is 32.1. The Balaban J connectivity index is 1.43. The fraction of sp³-hybridized carbons (Fsp3) is 0.706. The number of nitrogens with zero attached hydrogens (tertiary/aromatic N) is 4. The minimum Gasteiger partial charge on any atom is -0.354 e. The SMILES string of the molecule is CCCCCCCN=c1ccn(CCCCCCCCCCn2ccc(=NCCCCCCC)cc2)cc1. The van der Waals surface area contributed by atoms with Gasteiger partial charge in [0.1, 0.15) is 0 Å². The molecule has 2 rings (SSSR count). The summed E-state index contributed by atoms with van der Waals surface area (Å²) in [7, 11) is 0. The van der Waals surface area contributed by atoms with Crippen molar-refractivity contribution in [3.63, 3.8) is 0 Å². The summed E-state index contributed by atoms with van der Waals surface area (Å²) in [6.07, 6.45) is 32.6. The number of pyridine rings is 2. The van der Waals surface area contributed by atoms with E-state index in [4.69, 9.17) is 9.98 Å². The van der Waals surface area contributed by atoms with E-state index in [9.17, 15) is 0 Å². The topological polar surface area (TPSA) is 34.6 Å². The van der Waals surface area contributed by atoms with Gasteiger partial charge in [0.15, 0.2) is 0 Å². The van der Waals surface area contributed by atoms with Crippen LogP contribution in [0.1, 0.15) is 129 Å². The van der Waals surface area contributed by atoms with Gasteiger partial charge >= 0.3 is 0 Å². The summed E-state index contributed by atoms with van der Waals surface area (Å²) in [5.41, 5.74) is 0. The lowest BCUT2D eigenvalue weighted by Crippen LogP contribution is -2.06. The van der Waals surface area contributed by atoms with E-state index in [1.807, 2.05) is 0 Å². The van der Waals surface area contributed by atoms with Crippen molar-refractivity contribution in [2.75, 3.05) is 13.1 Å². The number of unbranched alkanes of at least 4 members (excludes halogenated alkanes) is 15. The second-order valence-corrected chi connectivity index (χ2v) is 11.0. The van der Waals surface area contributed by atoms with Gasteiger partial charge in [-0.05, 0) is 49.9 Å². The van der Waals surface area contributed by atoms with Crippen molar-refractivity contribution in [1.82, 2.24) is 9.13 Å². The molecule has 0 fully saturated rings. The maximum atomic E-state index is 4.72. The zero-order valence-electron chi connectivity index (χ0n) is 25.0. The molecule has 38 heavy (non-hydrogen) atoms. The molecule has 0 unspecified atom stereocenters. The van der Waals surface area contributed by atoms with Crippen LogP contribution in [0.15, 0.2) is 59.0 Å². The molecule has 0 aromatic carbocycles. The molecule has 0 spiro atoms. The van der Waals surface area contributed by atoms with Crippen molar-refractivity contribution < 1.29 is 0 Å². The van der Waals surface area contributed by atoms with Crippen molar-refractivity contribution in [2.24, 2.45) is 9.98 Å². The first-order chi connectivity index (χ1) is 18.8. The lowest BCUT2D eigenvalue weighted by atomic mass is 10.1. The number of aryl methyl sites for hydroxylation is 2. The van der Waals surface area contributed by atoms with Crippen molar-refractivity contribution in [3.05, 3.63) is 59.8 Å². The largest absolute Gasteiger partial charge is 0.354 e. The van der Waals surface area contributed by atoms with Gasteiger partial charge < -0.3 is 9.13 Å². The van der Waals surface area contributed by atoms with Crippen LogP contribution >= 0.6 is 0 Å². The Morgan fingerprint density at radius 1 is 0.421 bits per heavy atom. The van der Waals surface area contributed by atoms with Crippen LogP contribution in [-0.4, -0.2) is 22.2 Å². The number of aromatic nitrogens is 2. The number of rotatable bonds is 23. The Bertz CT molecular complexity index is 821. The van der Waals surface area contributed by atoms with E-state index in [0.717, 1.165) is 36.9 Å². The van der Waals surface area contributed by atoms with E-state index >= 15 is 0 Å². The Morgan fingerprint density at radius 3 is 1.11 bits per heavy atom. The average molecular weight is 523 g/mol. The molecule has 0 aliphatic heterocycles. The van der Waals surface area contributed by atoms with Crippen molar-refractivity contribution in [2.45, 2.75) is 143 Å². The highest BCUT2D eigenvalue weighted by molar-refractivity contribution is 4.94. The Kier molecular flexibility index (Phi) is 19.3. The summed E-state index contributed by atoms with van der Waals surface area (Å²) in [5, 5.41) is 2.26. The Morgan fingerprint density at radius 2 is 0.737 bits per heavy atom. The highest BCUT2D eigenvalue weighted by atomic mass is 14.9. The summed E-state index contributed by atoms with van der Waals surface area (Å²) in [5.74, 6) is 0. The van der Waals surface area contributed by atoms with E-state index in [1.54, 1.807) is 0 Å². The smallest absolute Gasteiger partial charge is 0.0603 e. The summed E-state index contributed by atoms with van der Waals surface area (Å²) in [6.45, 7) is 8.71. The molecule has 2 heterocycles. The molecule has 0 saturated carbocycles. The molecule has 2 aromatic rings. The predicted octanol–water partition coefficient (Wildman–Crippen LogP) is 8.85. The zero-order valence-corrected chi connectivity index (χ0v) is 25.0. The molecule has 0 aliphatic carbocycles. The van der Waals surface area contributed by atoms with Gasteiger partial charge in [0, 0.05) is 51.0 Å². The van der Waals surface area contributed by atoms with Crippen LogP contribution in [-0.2, 0) is 13.1 Å². The van der Waals surface area contributed by atoms with E-state index < -0.39 is 0 Å². The van der Waals surface area contributed by atoms with E-state index in [0.29, 0.717) is 0 Å². The molecule has 4 nitrogen and oxygen atoms in total. The number of hydrogen-bond donors (Lipinski definition) is 0. The minimum absolute atomic E-state index is 0.968. The highest BCUT2D eigenvalue weighted by Crippen LogP contribution is 2.10. The highest BCUT2D eigenvalue weighted by Gasteiger charge is 1.95. The van der Waals surface area contributed by atoms with Gasteiger partial charge in [-0.1, -0.05) is 104 Å². The fourth-order valence-electron chi connectivity index (χ4n) is 4.90. The summed E-state index contributed by atoms with van der Waals surface area (Å²) >= 11 is 0. The Labute approximate surface area is 234 Å². The van der Waals surface area contributed by atoms with E-state index in [-0.39, 0.29) is 0 Å². The lowest BCUT2D eigenvalue weighted by molar-refractivity contribution is 0.524. The first-order valence-corrected chi connectivity index (χ1v) is 16.1. The minimum atomic E-state index is 0.968. The molecular formula is C34H58N4. The molecular weight excluding hydrogens is 464 g/mol. The standard InChI is InChI=1S/C34H58N4/c1-3-5-7-13-17-25-35-33-21-29-37(30-22-33)27-19-15-11-9-10-12-16-20-28-38-31-23-34(24-32-38)36-26-18-14-8-6-4-2/h21-24,29-32H,3-20,25-28H2,1-2H3. The van der Waals surface area contributed by atoms with Gasteiger partial charge in [-0.3, -0.25) is 9.98 Å². The van der Waals surface area contributed by atoms with Crippen molar-refractivity contribution in [1.29, 1.82) is 0 Å². The van der Waals surface area contributed by atoms with Gasteiger partial charge in [0.05, 0.1) is 10.7 Å². The molecule has 0 aliphatic rings. The zero-order chi connectivity index (χ0) is 26.9. The first-order valence-electron chi connectivity index (χ1n) is 16.1. The maximum absolute atomic E-state index is 4.72. The third-order valence-corrected chi connectivity index (χ3v) is 7.44. The van der Waals surface area contributed by atoms with Crippen LogP contribution < -0.4 is 10.7 Å². The molecule has 0 atom stereocenters. The predicted molar refractivity (Wildman–Crippen MR) is 164 cm³/mol. The maximum Gasteiger partial charge on any atom is 0.0603 e. The van der Waals surface area contributed by atoms with Gasteiger partial charge in [0.2, 0.25) is 0 Å². The van der Waals surface area contributed by atoms with Crippen molar-refractivity contribution in [3.8, 4) is 0 Å². The fourth-order valence-corrected chi connectivity index (χ4v) is 4.90. The van der Waals surface area contributed by atoms with Gasteiger partial charge in [-0.2, -0.15) is 0 Å². The third-order valence-electron chi connectivity index (χ3n) is 7.44. The molecule has 4 heteroatoms. The average Bonchev–Trinajstić information content (AvgIpc) is 2.95. The molecule has 0 saturated heterocycles. The van der Waals surface area contributed by atoms with E-state index in [2.05, 4.69) is 72.0 Å². The lowest BCUT2D eigenvalue weighted by Gasteiger charge is -2.07. The second-order valence-electron chi connectivity index (χ2n) is 11.0. The summed E-state index contributed by atoms with van der Waals surface area (Å²) < 4.78 is 4.63.